The van der Waals surface area contributed by atoms with Crippen molar-refractivity contribution in [2.75, 3.05) is 0 Å². The maximum Gasteiger partial charge on any atom is 0.460 e. The molecule has 1 aromatic carbocycles. The van der Waals surface area contributed by atoms with Crippen LogP contribution in [0.4, 0.5) is 13.2 Å². The van der Waals surface area contributed by atoms with Crippen molar-refractivity contribution in [1.82, 2.24) is 0 Å². The highest BCUT2D eigenvalue weighted by molar-refractivity contribution is 7.80. The van der Waals surface area contributed by atoms with Crippen LogP contribution in [-0.4, -0.2) is 22.3 Å². The molecule has 0 saturated heterocycles. The Hall–Kier alpha value is -1.63. The molecule has 7 heteroatoms. The number of para-hydroxylation sites is 1. The van der Waals surface area contributed by atoms with E-state index < -0.39 is 23.6 Å². The normalized spacial score (nSPS) is 11.0. The molecule has 0 atom stereocenters. The molecule has 0 aliphatic carbocycles. The second-order valence-corrected chi connectivity index (χ2v) is 3.44. The van der Waals surface area contributed by atoms with Crippen molar-refractivity contribution in [2.45, 2.75) is 12.6 Å². The number of aliphatic carboxylic acids is 1. The fourth-order valence-electron chi connectivity index (χ4n) is 1.07. The average Bonchev–Trinajstić information content (AvgIpc) is 2.18. The molecule has 0 radical (unpaired) electrons. The van der Waals surface area contributed by atoms with Crippen molar-refractivity contribution < 1.29 is 27.8 Å². The minimum absolute atomic E-state index is 0.131. The van der Waals surface area contributed by atoms with E-state index in [0.29, 0.717) is 0 Å². The first-order chi connectivity index (χ1) is 7.80. The molecule has 92 valence electrons. The van der Waals surface area contributed by atoms with E-state index in [2.05, 4.69) is 17.0 Å². The molecule has 1 N–H and O–H groups in total. The van der Waals surface area contributed by atoms with E-state index in [1.807, 2.05) is 0 Å². The second-order valence-electron chi connectivity index (χ2n) is 3.07. The van der Waals surface area contributed by atoms with Crippen LogP contribution in [0.1, 0.15) is 5.56 Å². The van der Waals surface area contributed by atoms with E-state index in [9.17, 15) is 18.0 Å². The Morgan fingerprint density at radius 3 is 2.47 bits per heavy atom. The molecule has 0 aliphatic rings. The van der Waals surface area contributed by atoms with Crippen molar-refractivity contribution in [3.8, 4) is 5.75 Å². The predicted molar refractivity (Wildman–Crippen MR) is 57.1 cm³/mol. The lowest BCUT2D eigenvalue weighted by Gasteiger charge is -2.12. The number of hydrogen-bond acceptors (Lipinski definition) is 3. The molecule has 17 heavy (non-hydrogen) atoms. The van der Waals surface area contributed by atoms with Gasteiger partial charge in [-0.3, -0.25) is 4.79 Å². The molecule has 0 bridgehead atoms. The van der Waals surface area contributed by atoms with Crippen molar-refractivity contribution in [2.24, 2.45) is 0 Å². The highest BCUT2D eigenvalue weighted by Gasteiger charge is 2.37. The van der Waals surface area contributed by atoms with Gasteiger partial charge in [-0.1, -0.05) is 18.2 Å². The summed E-state index contributed by atoms with van der Waals surface area (Å²) in [5.41, 5.74) is 0.131. The van der Waals surface area contributed by atoms with Crippen LogP contribution in [0, 0.1) is 0 Å². The molecule has 0 unspecified atom stereocenters. The van der Waals surface area contributed by atoms with Gasteiger partial charge in [0.25, 0.3) is 5.05 Å². The Bertz CT molecular complexity index is 443. The lowest BCUT2D eigenvalue weighted by atomic mass is 10.1. The minimum Gasteiger partial charge on any atom is -0.481 e. The van der Waals surface area contributed by atoms with Crippen molar-refractivity contribution in [3.63, 3.8) is 0 Å². The molecule has 0 amide bonds. The van der Waals surface area contributed by atoms with Crippen LogP contribution in [0.5, 0.6) is 5.75 Å². The Morgan fingerprint density at radius 2 is 1.94 bits per heavy atom. The fraction of sp³-hybridized carbons (Fsp3) is 0.200. The molecule has 0 heterocycles. The summed E-state index contributed by atoms with van der Waals surface area (Å²) in [6.07, 6.45) is -5.18. The molecule has 0 fully saturated rings. The van der Waals surface area contributed by atoms with Gasteiger partial charge in [-0.2, -0.15) is 13.2 Å². The van der Waals surface area contributed by atoms with Gasteiger partial charge >= 0.3 is 12.1 Å². The standard InChI is InChI=1S/C10H7F3O3S/c11-10(12,13)9(17)16-7-4-2-1-3-6(7)5-8(14)15/h1-4H,5H2,(H,14,15). The minimum atomic E-state index is -4.74. The summed E-state index contributed by atoms with van der Waals surface area (Å²) in [6, 6.07) is 5.53. The van der Waals surface area contributed by atoms with Crippen molar-refractivity contribution in [3.05, 3.63) is 29.8 Å². The maximum absolute atomic E-state index is 12.1. The van der Waals surface area contributed by atoms with Crippen LogP contribution in [0.15, 0.2) is 24.3 Å². The summed E-state index contributed by atoms with van der Waals surface area (Å²) in [4.78, 5) is 10.5. The number of benzene rings is 1. The van der Waals surface area contributed by atoms with E-state index in [1.165, 1.54) is 24.3 Å². The summed E-state index contributed by atoms with van der Waals surface area (Å²) in [5, 5.41) is 7.03. The molecular formula is C10H7F3O3S. The topological polar surface area (TPSA) is 46.5 Å². The van der Waals surface area contributed by atoms with E-state index in [4.69, 9.17) is 5.11 Å². The van der Waals surface area contributed by atoms with E-state index >= 15 is 0 Å². The number of rotatable bonds is 3. The third-order valence-electron chi connectivity index (χ3n) is 1.75. The van der Waals surface area contributed by atoms with Gasteiger partial charge in [0.15, 0.2) is 0 Å². The van der Waals surface area contributed by atoms with E-state index in [1.54, 1.807) is 0 Å². The summed E-state index contributed by atoms with van der Waals surface area (Å²) in [5.74, 6) is -1.36. The largest absolute Gasteiger partial charge is 0.481 e. The van der Waals surface area contributed by atoms with Gasteiger partial charge in [0, 0.05) is 5.56 Å². The zero-order valence-corrected chi connectivity index (χ0v) is 9.14. The number of carbonyl (C=O) groups is 1. The Kier molecular flexibility index (Phi) is 4.06. The maximum atomic E-state index is 12.1. The highest BCUT2D eigenvalue weighted by atomic mass is 32.1. The SMILES string of the molecule is O=C(O)Cc1ccccc1OC(=S)C(F)(F)F. The molecular weight excluding hydrogens is 257 g/mol. The number of carboxylic acid groups (broad SMARTS) is 1. The van der Waals surface area contributed by atoms with Gasteiger partial charge in [-0.15, -0.1) is 0 Å². The molecule has 1 aromatic rings. The zero-order chi connectivity index (χ0) is 13.1. The van der Waals surface area contributed by atoms with Crippen molar-refractivity contribution in [1.29, 1.82) is 0 Å². The van der Waals surface area contributed by atoms with Gasteiger partial charge in [0.05, 0.1) is 6.42 Å². The number of ether oxygens (including phenoxy) is 1. The first kappa shape index (κ1) is 13.4. The van der Waals surface area contributed by atoms with Gasteiger partial charge in [-0.25, -0.2) is 0 Å². The second kappa shape index (κ2) is 5.13. The number of alkyl halides is 3. The molecule has 0 aromatic heterocycles. The number of halogens is 3. The summed E-state index contributed by atoms with van der Waals surface area (Å²) >= 11 is 4.05. The van der Waals surface area contributed by atoms with Crippen LogP contribution in [0.3, 0.4) is 0 Å². The van der Waals surface area contributed by atoms with E-state index in [-0.39, 0.29) is 11.3 Å². The number of carboxylic acids is 1. The van der Waals surface area contributed by atoms with Crippen LogP contribution < -0.4 is 4.74 Å². The molecule has 3 nitrogen and oxygen atoms in total. The predicted octanol–water partition coefficient (Wildman–Crippen LogP) is 2.58. The Labute approximate surface area is 99.8 Å². The van der Waals surface area contributed by atoms with Gasteiger partial charge in [-0.05, 0) is 18.3 Å². The third-order valence-corrected chi connectivity index (χ3v) is 2.06. The van der Waals surface area contributed by atoms with Crippen LogP contribution >= 0.6 is 12.2 Å². The Morgan fingerprint density at radius 1 is 1.35 bits per heavy atom. The molecule has 1 rings (SSSR count). The molecule has 0 spiro atoms. The smallest absolute Gasteiger partial charge is 0.460 e. The summed E-state index contributed by atoms with van der Waals surface area (Å²) < 4.78 is 40.9. The van der Waals surface area contributed by atoms with E-state index in [0.717, 1.165) is 0 Å². The average molecular weight is 264 g/mol. The summed E-state index contributed by atoms with van der Waals surface area (Å²) in [6.45, 7) is 0. The molecule has 0 aliphatic heterocycles. The lowest BCUT2D eigenvalue weighted by Crippen LogP contribution is -2.26. The highest BCUT2D eigenvalue weighted by Crippen LogP contribution is 2.24. The monoisotopic (exact) mass is 264 g/mol. The van der Waals surface area contributed by atoms with Crippen LogP contribution in [-0.2, 0) is 11.2 Å². The quantitative estimate of drug-likeness (QED) is 0.852. The first-order valence-corrected chi connectivity index (χ1v) is 4.80. The van der Waals surface area contributed by atoms with Gasteiger partial charge < -0.3 is 9.84 Å². The number of thiocarbonyl (C=S) groups is 1. The Balaban J connectivity index is 2.91. The van der Waals surface area contributed by atoms with Gasteiger partial charge in [0.2, 0.25) is 0 Å². The van der Waals surface area contributed by atoms with Crippen molar-refractivity contribution >= 4 is 23.2 Å². The van der Waals surface area contributed by atoms with Crippen LogP contribution in [0.25, 0.3) is 0 Å². The summed E-state index contributed by atoms with van der Waals surface area (Å²) in [7, 11) is 0. The number of hydrogen-bond donors (Lipinski definition) is 1. The molecule has 0 saturated carbocycles. The zero-order valence-electron chi connectivity index (χ0n) is 8.32. The van der Waals surface area contributed by atoms with Gasteiger partial charge in [0.1, 0.15) is 5.75 Å². The first-order valence-electron chi connectivity index (χ1n) is 4.39. The third kappa shape index (κ3) is 4.03. The lowest BCUT2D eigenvalue weighted by molar-refractivity contribution is -0.136. The fourth-order valence-corrected chi connectivity index (χ4v) is 1.16. The van der Waals surface area contributed by atoms with Crippen LogP contribution in [0.2, 0.25) is 0 Å².